The van der Waals surface area contributed by atoms with Crippen molar-refractivity contribution < 1.29 is 0 Å². The quantitative estimate of drug-likeness (QED) is 0.660. The van der Waals surface area contributed by atoms with E-state index in [0.29, 0.717) is 0 Å². The van der Waals surface area contributed by atoms with Crippen molar-refractivity contribution in [3.63, 3.8) is 0 Å². The van der Waals surface area contributed by atoms with Crippen LogP contribution in [0.25, 0.3) is 12.2 Å². The van der Waals surface area contributed by atoms with Gasteiger partial charge in [-0.2, -0.15) is 0 Å². The van der Waals surface area contributed by atoms with Crippen LogP contribution in [0.1, 0.15) is 22.3 Å². The second-order valence-corrected chi connectivity index (χ2v) is 5.10. The largest absolute Gasteiger partial charge is 0.340 e. The molecule has 18 heavy (non-hydrogen) atoms. The van der Waals surface area contributed by atoms with E-state index in [1.807, 2.05) is 0 Å². The van der Waals surface area contributed by atoms with E-state index in [2.05, 4.69) is 60.4 Å². The highest BCUT2D eigenvalue weighted by molar-refractivity contribution is 5.91. The van der Waals surface area contributed by atoms with Gasteiger partial charge in [0.25, 0.3) is 0 Å². The van der Waals surface area contributed by atoms with Gasteiger partial charge in [-0.3, -0.25) is 0 Å². The van der Waals surface area contributed by atoms with Crippen molar-refractivity contribution in [3.05, 3.63) is 58.7 Å². The summed E-state index contributed by atoms with van der Waals surface area (Å²) in [7, 11) is 0. The van der Waals surface area contributed by atoms with Crippen LogP contribution in [0.15, 0.2) is 36.4 Å². The average Bonchev–Trinajstić information content (AvgIpc) is 2.73. The van der Waals surface area contributed by atoms with Gasteiger partial charge in [0, 0.05) is 17.8 Å². The number of hydrogen-bond donors (Lipinski definition) is 0. The second-order valence-electron chi connectivity index (χ2n) is 5.10. The average molecular weight is 233 g/mol. The summed E-state index contributed by atoms with van der Waals surface area (Å²) in [6.07, 6.45) is 5.68. The lowest BCUT2D eigenvalue weighted by Gasteiger charge is -2.22. The second kappa shape index (κ2) is 3.49. The lowest BCUT2D eigenvalue weighted by Crippen LogP contribution is -2.14. The fraction of sp³-hybridized carbons (Fsp3) is 0.176. The summed E-state index contributed by atoms with van der Waals surface area (Å²) < 4.78 is 0. The summed E-state index contributed by atoms with van der Waals surface area (Å²) in [5.74, 6) is 0. The number of fused-ring (bicyclic) bond motifs is 2. The highest BCUT2D eigenvalue weighted by Crippen LogP contribution is 2.42. The summed E-state index contributed by atoms with van der Waals surface area (Å²) in [6.45, 7) is 3.29. The van der Waals surface area contributed by atoms with E-state index < -0.39 is 0 Å². The molecule has 0 unspecified atom stereocenters. The van der Waals surface area contributed by atoms with E-state index in [4.69, 9.17) is 0 Å². The van der Waals surface area contributed by atoms with Gasteiger partial charge < -0.3 is 4.90 Å². The lowest BCUT2D eigenvalue weighted by atomic mass is 10.0. The molecule has 0 aromatic heterocycles. The van der Waals surface area contributed by atoms with Crippen molar-refractivity contribution >= 4 is 23.5 Å². The van der Waals surface area contributed by atoms with Crippen LogP contribution in [0.4, 0.5) is 11.4 Å². The molecule has 2 heterocycles. The van der Waals surface area contributed by atoms with E-state index in [-0.39, 0.29) is 0 Å². The number of aryl methyl sites for hydroxylation is 1. The first-order valence-corrected chi connectivity index (χ1v) is 6.52. The van der Waals surface area contributed by atoms with Crippen LogP contribution in [-0.4, -0.2) is 6.54 Å². The number of rotatable bonds is 0. The van der Waals surface area contributed by atoms with Crippen molar-refractivity contribution in [1.29, 1.82) is 0 Å². The smallest absolute Gasteiger partial charge is 0.0517 e. The maximum Gasteiger partial charge on any atom is 0.0517 e. The van der Waals surface area contributed by atoms with E-state index in [1.54, 1.807) is 0 Å². The summed E-state index contributed by atoms with van der Waals surface area (Å²) in [4.78, 5) is 2.48. The molecule has 0 radical (unpaired) electrons. The van der Waals surface area contributed by atoms with Gasteiger partial charge in [0.15, 0.2) is 0 Å². The molecule has 0 N–H and O–H groups in total. The maximum atomic E-state index is 2.48. The minimum Gasteiger partial charge on any atom is -0.340 e. The van der Waals surface area contributed by atoms with Crippen molar-refractivity contribution in [1.82, 2.24) is 0 Å². The van der Waals surface area contributed by atoms with Gasteiger partial charge in [0.2, 0.25) is 0 Å². The third kappa shape index (κ3) is 1.22. The summed E-state index contributed by atoms with van der Waals surface area (Å²) in [5.41, 5.74) is 8.31. The van der Waals surface area contributed by atoms with Crippen LogP contribution >= 0.6 is 0 Å². The first-order chi connectivity index (χ1) is 8.84. The Morgan fingerprint density at radius 3 is 2.83 bits per heavy atom. The van der Waals surface area contributed by atoms with E-state index in [0.717, 1.165) is 13.0 Å². The summed E-state index contributed by atoms with van der Waals surface area (Å²) >= 11 is 0. The number of hydrogen-bond acceptors (Lipinski definition) is 1. The number of anilines is 2. The number of nitrogens with zero attached hydrogens (tertiary/aromatic N) is 1. The molecule has 0 fully saturated rings. The minimum absolute atomic E-state index is 1.10. The fourth-order valence-electron chi connectivity index (χ4n) is 3.15. The highest BCUT2D eigenvalue weighted by atomic mass is 15.2. The molecule has 2 aromatic carbocycles. The standard InChI is InChI=1S/C17H15N/c1-12-4-2-7-16-15(12)9-8-13-5-3-6-14-10-11-18(16)17(13)14/h2-9H,10-11H2,1H3. The number of benzene rings is 2. The zero-order valence-electron chi connectivity index (χ0n) is 10.5. The zero-order chi connectivity index (χ0) is 12.1. The Kier molecular flexibility index (Phi) is 1.93. The molecule has 0 atom stereocenters. The molecule has 88 valence electrons. The van der Waals surface area contributed by atoms with Gasteiger partial charge in [-0.1, -0.05) is 42.5 Å². The molecule has 0 saturated heterocycles. The van der Waals surface area contributed by atoms with Gasteiger partial charge in [0.05, 0.1) is 5.69 Å². The first-order valence-electron chi connectivity index (χ1n) is 6.52. The molecule has 0 amide bonds. The van der Waals surface area contributed by atoms with Gasteiger partial charge in [0.1, 0.15) is 0 Å². The van der Waals surface area contributed by atoms with E-state index >= 15 is 0 Å². The summed E-state index contributed by atoms with van der Waals surface area (Å²) in [5, 5.41) is 0. The van der Waals surface area contributed by atoms with E-state index in [9.17, 15) is 0 Å². The maximum absolute atomic E-state index is 2.48. The van der Waals surface area contributed by atoms with Crippen LogP contribution in [0.2, 0.25) is 0 Å². The number of para-hydroxylation sites is 1. The summed E-state index contributed by atoms with van der Waals surface area (Å²) in [6, 6.07) is 13.2. The van der Waals surface area contributed by atoms with Gasteiger partial charge in [-0.05, 0) is 36.1 Å². The molecule has 2 aliphatic rings. The highest BCUT2D eigenvalue weighted by Gasteiger charge is 2.25. The molecule has 4 rings (SSSR count). The van der Waals surface area contributed by atoms with Crippen molar-refractivity contribution in [2.75, 3.05) is 11.4 Å². The Hall–Kier alpha value is -2.02. The molecular formula is C17H15N. The Bertz CT molecular complexity index is 667. The Labute approximate surface area is 107 Å². The molecule has 0 spiro atoms. The monoisotopic (exact) mass is 233 g/mol. The fourth-order valence-corrected chi connectivity index (χ4v) is 3.15. The molecule has 0 saturated carbocycles. The first kappa shape index (κ1) is 9.95. The minimum atomic E-state index is 1.10. The van der Waals surface area contributed by atoms with Crippen LogP contribution in [0.3, 0.4) is 0 Å². The molecule has 1 nitrogen and oxygen atoms in total. The van der Waals surface area contributed by atoms with Crippen molar-refractivity contribution in [2.45, 2.75) is 13.3 Å². The molecule has 0 bridgehead atoms. The van der Waals surface area contributed by atoms with Crippen LogP contribution in [0.5, 0.6) is 0 Å². The Morgan fingerprint density at radius 1 is 1.00 bits per heavy atom. The lowest BCUT2D eigenvalue weighted by molar-refractivity contribution is 0.996. The van der Waals surface area contributed by atoms with Gasteiger partial charge in [-0.15, -0.1) is 0 Å². The third-order valence-corrected chi connectivity index (χ3v) is 4.05. The molecule has 1 heteroatoms. The Balaban J connectivity index is 2.06. The Morgan fingerprint density at radius 2 is 1.89 bits per heavy atom. The van der Waals surface area contributed by atoms with Crippen LogP contribution < -0.4 is 4.90 Å². The normalized spacial score (nSPS) is 15.3. The molecule has 2 aromatic rings. The van der Waals surface area contributed by atoms with Gasteiger partial charge in [-0.25, -0.2) is 0 Å². The predicted octanol–water partition coefficient (Wildman–Crippen LogP) is 4.17. The topological polar surface area (TPSA) is 3.24 Å². The zero-order valence-corrected chi connectivity index (χ0v) is 10.5. The molecule has 2 aliphatic heterocycles. The van der Waals surface area contributed by atoms with Crippen LogP contribution in [-0.2, 0) is 6.42 Å². The predicted molar refractivity (Wildman–Crippen MR) is 77.3 cm³/mol. The SMILES string of the molecule is Cc1cccc2c1C=Cc1cccc3c1N2CC3. The van der Waals surface area contributed by atoms with Crippen LogP contribution in [0, 0.1) is 6.92 Å². The molecule has 0 aliphatic carbocycles. The molecular weight excluding hydrogens is 218 g/mol. The third-order valence-electron chi connectivity index (χ3n) is 4.05. The van der Waals surface area contributed by atoms with Gasteiger partial charge >= 0.3 is 0 Å². The van der Waals surface area contributed by atoms with Crippen molar-refractivity contribution in [3.8, 4) is 0 Å². The van der Waals surface area contributed by atoms with E-state index in [1.165, 1.54) is 33.6 Å². The van der Waals surface area contributed by atoms with Crippen molar-refractivity contribution in [2.24, 2.45) is 0 Å².